The topological polar surface area (TPSA) is 39.7 Å². The van der Waals surface area contributed by atoms with E-state index in [1.165, 1.54) is 16.7 Å². The van der Waals surface area contributed by atoms with Crippen LogP contribution in [0.25, 0.3) is 0 Å². The molecule has 0 aliphatic heterocycles. The van der Waals surface area contributed by atoms with Gasteiger partial charge >= 0.3 is 0 Å². The van der Waals surface area contributed by atoms with Gasteiger partial charge in [0.1, 0.15) is 17.2 Å². The van der Waals surface area contributed by atoms with Crippen molar-refractivity contribution in [2.24, 2.45) is 0 Å². The molecule has 0 heterocycles. The molecule has 0 aliphatic carbocycles. The van der Waals surface area contributed by atoms with Crippen molar-refractivity contribution in [2.45, 2.75) is 58.8 Å². The van der Waals surface area contributed by atoms with Crippen molar-refractivity contribution in [3.05, 3.63) is 89.5 Å². The Balaban J connectivity index is 1.67. The second-order valence-electron chi connectivity index (χ2n) is 8.81. The van der Waals surface area contributed by atoms with Crippen LogP contribution >= 0.6 is 0 Å². The zero-order chi connectivity index (χ0) is 23.6. The highest BCUT2D eigenvalue weighted by Crippen LogP contribution is 2.35. The van der Waals surface area contributed by atoms with Crippen molar-refractivity contribution in [1.29, 1.82) is 0 Å². The minimum Gasteiger partial charge on any atom is -0.496 e. The molecule has 0 spiro atoms. The van der Waals surface area contributed by atoms with Gasteiger partial charge in [-0.05, 0) is 82.1 Å². The van der Waals surface area contributed by atoms with Crippen molar-refractivity contribution in [3.63, 3.8) is 0 Å². The molecule has 1 N–H and O–H groups in total. The van der Waals surface area contributed by atoms with Crippen LogP contribution in [0.2, 0.25) is 0 Å². The average molecular weight is 448 g/mol. The first kappa shape index (κ1) is 24.7. The lowest BCUT2D eigenvalue weighted by molar-refractivity contribution is 0.242. The Hall–Kier alpha value is -2.98. The molecule has 0 saturated heterocycles. The van der Waals surface area contributed by atoms with E-state index in [1.54, 1.807) is 7.11 Å². The van der Waals surface area contributed by atoms with Gasteiger partial charge < -0.3 is 19.5 Å². The standard InChI is InChI=1S/C29H37NO3/c1-21(2)32-25-14-10-23(11-15-25)20-30-19-18-27(28-8-6-7-9-29(28)31-5)24-12-16-26(17-13-24)33-22(3)4/h6-17,21-22,27,30H,18-20H2,1-5H3. The number of para-hydroxylation sites is 1. The molecule has 33 heavy (non-hydrogen) atoms. The number of hydrogen-bond donors (Lipinski definition) is 1. The molecule has 4 heteroatoms. The summed E-state index contributed by atoms with van der Waals surface area (Å²) in [6, 6.07) is 25.1. The Kier molecular flexibility index (Phi) is 9.20. The number of ether oxygens (including phenoxy) is 3. The van der Waals surface area contributed by atoms with Crippen molar-refractivity contribution in [1.82, 2.24) is 5.32 Å². The Morgan fingerprint density at radius 1 is 0.727 bits per heavy atom. The first-order chi connectivity index (χ1) is 16.0. The third kappa shape index (κ3) is 7.54. The summed E-state index contributed by atoms with van der Waals surface area (Å²) in [7, 11) is 1.74. The monoisotopic (exact) mass is 447 g/mol. The summed E-state index contributed by atoms with van der Waals surface area (Å²) in [5.74, 6) is 2.96. The molecule has 0 fully saturated rings. The van der Waals surface area contributed by atoms with Gasteiger partial charge in [-0.2, -0.15) is 0 Å². The van der Waals surface area contributed by atoms with Crippen LogP contribution in [0.4, 0.5) is 0 Å². The van der Waals surface area contributed by atoms with Crippen molar-refractivity contribution in [3.8, 4) is 17.2 Å². The van der Waals surface area contributed by atoms with Crippen LogP contribution in [0, 0.1) is 0 Å². The maximum atomic E-state index is 5.83. The maximum Gasteiger partial charge on any atom is 0.122 e. The highest BCUT2D eigenvalue weighted by molar-refractivity contribution is 5.43. The Morgan fingerprint density at radius 2 is 1.30 bits per heavy atom. The number of methoxy groups -OCH3 is 1. The molecule has 0 amide bonds. The van der Waals surface area contributed by atoms with E-state index in [2.05, 4.69) is 53.8 Å². The molecule has 0 aromatic heterocycles. The molecule has 3 rings (SSSR count). The van der Waals surface area contributed by atoms with Crippen LogP contribution < -0.4 is 19.5 Å². The fraction of sp³-hybridized carbons (Fsp3) is 0.379. The van der Waals surface area contributed by atoms with Crippen LogP contribution in [0.1, 0.15) is 56.7 Å². The second kappa shape index (κ2) is 12.3. The Morgan fingerprint density at radius 3 is 1.88 bits per heavy atom. The summed E-state index contributed by atoms with van der Waals surface area (Å²) >= 11 is 0. The number of hydrogen-bond acceptors (Lipinski definition) is 4. The van der Waals surface area contributed by atoms with Crippen LogP contribution in [-0.2, 0) is 6.54 Å². The first-order valence-corrected chi connectivity index (χ1v) is 11.8. The maximum absolute atomic E-state index is 5.83. The predicted octanol–water partition coefficient (Wildman–Crippen LogP) is 6.58. The van der Waals surface area contributed by atoms with E-state index in [-0.39, 0.29) is 18.1 Å². The summed E-state index contributed by atoms with van der Waals surface area (Å²) in [6.45, 7) is 9.88. The van der Waals surface area contributed by atoms with Gasteiger partial charge in [0, 0.05) is 18.0 Å². The number of nitrogens with one attached hydrogen (secondary N) is 1. The lowest BCUT2D eigenvalue weighted by Gasteiger charge is -2.21. The Bertz CT molecular complexity index is 965. The van der Waals surface area contributed by atoms with Gasteiger partial charge in [0.05, 0.1) is 19.3 Å². The minimum absolute atomic E-state index is 0.163. The molecule has 0 saturated carbocycles. The first-order valence-electron chi connectivity index (χ1n) is 11.8. The van der Waals surface area contributed by atoms with Crippen molar-refractivity contribution >= 4 is 0 Å². The highest BCUT2D eigenvalue weighted by Gasteiger charge is 2.18. The summed E-state index contributed by atoms with van der Waals surface area (Å²) in [5.41, 5.74) is 3.71. The zero-order valence-electron chi connectivity index (χ0n) is 20.5. The second-order valence-corrected chi connectivity index (χ2v) is 8.81. The molecular formula is C29H37NO3. The summed E-state index contributed by atoms with van der Waals surface area (Å²) in [6.07, 6.45) is 1.31. The SMILES string of the molecule is COc1ccccc1C(CCNCc1ccc(OC(C)C)cc1)c1ccc(OC(C)C)cc1. The van der Waals surface area contributed by atoms with Crippen LogP contribution in [0.5, 0.6) is 17.2 Å². The molecule has 3 aromatic rings. The van der Waals surface area contributed by atoms with Gasteiger partial charge in [0.25, 0.3) is 0 Å². The van der Waals surface area contributed by atoms with Crippen molar-refractivity contribution in [2.75, 3.05) is 13.7 Å². The molecule has 1 unspecified atom stereocenters. The highest BCUT2D eigenvalue weighted by atomic mass is 16.5. The summed E-state index contributed by atoms with van der Waals surface area (Å²) < 4.78 is 17.2. The fourth-order valence-corrected chi connectivity index (χ4v) is 3.94. The normalized spacial score (nSPS) is 12.1. The third-order valence-corrected chi connectivity index (χ3v) is 5.40. The van der Waals surface area contributed by atoms with Gasteiger partial charge in [-0.1, -0.05) is 42.5 Å². The number of rotatable bonds is 12. The van der Waals surface area contributed by atoms with E-state index >= 15 is 0 Å². The van der Waals surface area contributed by atoms with Gasteiger partial charge in [-0.15, -0.1) is 0 Å². The van der Waals surface area contributed by atoms with Gasteiger partial charge in [0.2, 0.25) is 0 Å². The van der Waals surface area contributed by atoms with Crippen LogP contribution in [0.15, 0.2) is 72.8 Å². The van der Waals surface area contributed by atoms with Gasteiger partial charge in [0.15, 0.2) is 0 Å². The molecule has 4 nitrogen and oxygen atoms in total. The quantitative estimate of drug-likeness (QED) is 0.318. The molecule has 176 valence electrons. The molecule has 0 aliphatic rings. The van der Waals surface area contributed by atoms with E-state index in [0.717, 1.165) is 36.8 Å². The fourth-order valence-electron chi connectivity index (χ4n) is 3.94. The average Bonchev–Trinajstić information content (AvgIpc) is 2.80. The molecule has 3 aromatic carbocycles. The molecule has 1 atom stereocenters. The van der Waals surface area contributed by atoms with Gasteiger partial charge in [-0.25, -0.2) is 0 Å². The van der Waals surface area contributed by atoms with Gasteiger partial charge in [-0.3, -0.25) is 0 Å². The van der Waals surface area contributed by atoms with E-state index in [9.17, 15) is 0 Å². The predicted molar refractivity (Wildman–Crippen MR) is 136 cm³/mol. The Labute approximate surface area is 198 Å². The third-order valence-electron chi connectivity index (χ3n) is 5.40. The van der Waals surface area contributed by atoms with E-state index < -0.39 is 0 Å². The largest absolute Gasteiger partial charge is 0.496 e. The zero-order valence-corrected chi connectivity index (χ0v) is 20.5. The van der Waals surface area contributed by atoms with Crippen molar-refractivity contribution < 1.29 is 14.2 Å². The minimum atomic E-state index is 0.163. The van der Waals surface area contributed by atoms with E-state index in [4.69, 9.17) is 14.2 Å². The summed E-state index contributed by atoms with van der Waals surface area (Å²) in [5, 5.41) is 3.60. The molecule has 0 bridgehead atoms. The smallest absolute Gasteiger partial charge is 0.122 e. The van der Waals surface area contributed by atoms with Crippen LogP contribution in [-0.4, -0.2) is 25.9 Å². The lowest BCUT2D eigenvalue weighted by Crippen LogP contribution is -2.18. The molecular weight excluding hydrogens is 410 g/mol. The summed E-state index contributed by atoms with van der Waals surface area (Å²) in [4.78, 5) is 0. The number of benzene rings is 3. The molecule has 0 radical (unpaired) electrons. The lowest BCUT2D eigenvalue weighted by atomic mass is 9.88. The van der Waals surface area contributed by atoms with E-state index in [0.29, 0.717) is 0 Å². The van der Waals surface area contributed by atoms with Crippen LogP contribution in [0.3, 0.4) is 0 Å². The van der Waals surface area contributed by atoms with E-state index in [1.807, 2.05) is 52.0 Å².